The van der Waals surface area contributed by atoms with Crippen LogP contribution < -0.4 is 5.32 Å². The minimum absolute atomic E-state index is 0.0703. The van der Waals surface area contributed by atoms with Crippen molar-refractivity contribution in [2.45, 2.75) is 56.7 Å². The predicted molar refractivity (Wildman–Crippen MR) is 89.3 cm³/mol. The molecule has 1 saturated heterocycles. The van der Waals surface area contributed by atoms with Crippen LogP contribution in [0, 0.1) is 0 Å². The zero-order valence-corrected chi connectivity index (χ0v) is 13.4. The lowest BCUT2D eigenvalue weighted by Crippen LogP contribution is -2.41. The summed E-state index contributed by atoms with van der Waals surface area (Å²) in [7, 11) is 0. The Kier molecular flexibility index (Phi) is 4.04. The van der Waals surface area contributed by atoms with Gasteiger partial charge in [-0.2, -0.15) is 5.10 Å². The molecule has 1 aliphatic carbocycles. The Morgan fingerprint density at radius 3 is 2.87 bits per heavy atom. The first-order valence-corrected chi connectivity index (χ1v) is 8.67. The molecule has 1 saturated carbocycles. The Balaban J connectivity index is 1.36. The van der Waals surface area contributed by atoms with Crippen LogP contribution in [0.2, 0.25) is 0 Å². The summed E-state index contributed by atoms with van der Waals surface area (Å²) in [5.41, 5.74) is 1.36. The van der Waals surface area contributed by atoms with E-state index in [4.69, 9.17) is 4.74 Å². The van der Waals surface area contributed by atoms with E-state index in [0.29, 0.717) is 6.04 Å². The summed E-state index contributed by atoms with van der Waals surface area (Å²) in [6.07, 6.45) is 12.8. The van der Waals surface area contributed by atoms with Crippen molar-refractivity contribution in [1.82, 2.24) is 14.8 Å². The summed E-state index contributed by atoms with van der Waals surface area (Å²) < 4.78 is 8.11. The molecule has 4 rings (SSSR count). The Hall–Kier alpha value is -1.88. The molecule has 0 amide bonds. The van der Waals surface area contributed by atoms with Crippen molar-refractivity contribution in [1.29, 1.82) is 0 Å². The number of pyridine rings is 1. The second kappa shape index (κ2) is 6.32. The standard InChI is InChI=1S/C18H24N4O/c1-2-9-18(8-1)16(7-14-23-18)20-17-6-13-22(21-17)12-5-15-3-10-19-11-4-15/h3-4,6,10-11,13,16H,1-2,5,7-9,12,14H2,(H,20,21). The topological polar surface area (TPSA) is 52.0 Å². The van der Waals surface area contributed by atoms with Gasteiger partial charge in [0.05, 0.1) is 11.6 Å². The molecule has 2 fully saturated rings. The SMILES string of the molecule is c1cc(CCn2ccc(NC3CCOC34CCCC4)n2)ccn1. The summed E-state index contributed by atoms with van der Waals surface area (Å²) in [6, 6.07) is 6.60. The Labute approximate surface area is 137 Å². The van der Waals surface area contributed by atoms with Gasteiger partial charge < -0.3 is 10.1 Å². The highest BCUT2D eigenvalue weighted by Crippen LogP contribution is 2.42. The molecule has 2 aliphatic rings. The second-order valence-electron chi connectivity index (χ2n) is 6.68. The monoisotopic (exact) mass is 312 g/mol. The highest BCUT2D eigenvalue weighted by molar-refractivity contribution is 5.35. The fraction of sp³-hybridized carbons (Fsp3) is 0.556. The van der Waals surface area contributed by atoms with Crippen LogP contribution in [0.3, 0.4) is 0 Å². The predicted octanol–water partition coefficient (Wildman–Crippen LogP) is 3.03. The minimum atomic E-state index is 0.0703. The Morgan fingerprint density at radius 2 is 2.04 bits per heavy atom. The molecular weight excluding hydrogens is 288 g/mol. The van der Waals surface area contributed by atoms with Gasteiger partial charge in [0.2, 0.25) is 0 Å². The van der Waals surface area contributed by atoms with Crippen molar-refractivity contribution in [3.05, 3.63) is 42.4 Å². The summed E-state index contributed by atoms with van der Waals surface area (Å²) >= 11 is 0. The number of hydrogen-bond donors (Lipinski definition) is 1. The Bertz CT molecular complexity index is 628. The van der Waals surface area contributed by atoms with E-state index in [-0.39, 0.29) is 5.60 Å². The molecule has 0 bridgehead atoms. The van der Waals surface area contributed by atoms with Gasteiger partial charge in [0.25, 0.3) is 0 Å². The third kappa shape index (κ3) is 3.11. The molecule has 1 spiro atoms. The second-order valence-corrected chi connectivity index (χ2v) is 6.68. The zero-order chi connectivity index (χ0) is 15.5. The number of nitrogens with one attached hydrogen (secondary N) is 1. The van der Waals surface area contributed by atoms with Gasteiger partial charge in [-0.3, -0.25) is 9.67 Å². The average molecular weight is 312 g/mol. The number of aromatic nitrogens is 3. The van der Waals surface area contributed by atoms with E-state index in [1.807, 2.05) is 17.1 Å². The lowest BCUT2D eigenvalue weighted by atomic mass is 9.92. The third-order valence-corrected chi connectivity index (χ3v) is 5.22. The van der Waals surface area contributed by atoms with Gasteiger partial charge in [-0.15, -0.1) is 0 Å². The number of rotatable bonds is 5. The molecular formula is C18H24N4O. The smallest absolute Gasteiger partial charge is 0.148 e. The first kappa shape index (κ1) is 14.7. The van der Waals surface area contributed by atoms with Crippen molar-refractivity contribution in [3.8, 4) is 0 Å². The molecule has 1 aliphatic heterocycles. The minimum Gasteiger partial charge on any atom is -0.373 e. The molecule has 5 nitrogen and oxygen atoms in total. The number of aryl methyl sites for hydroxylation is 2. The maximum atomic E-state index is 6.10. The summed E-state index contributed by atoms with van der Waals surface area (Å²) in [4.78, 5) is 4.05. The van der Waals surface area contributed by atoms with Gasteiger partial charge in [-0.25, -0.2) is 0 Å². The highest BCUT2D eigenvalue weighted by Gasteiger charge is 2.46. The summed E-state index contributed by atoms with van der Waals surface area (Å²) in [5.74, 6) is 0.974. The van der Waals surface area contributed by atoms with Gasteiger partial charge in [-0.1, -0.05) is 12.8 Å². The van der Waals surface area contributed by atoms with E-state index in [1.54, 1.807) is 0 Å². The van der Waals surface area contributed by atoms with Crippen LogP contribution in [0.4, 0.5) is 5.82 Å². The zero-order valence-electron chi connectivity index (χ0n) is 13.4. The van der Waals surface area contributed by atoms with Crippen LogP contribution in [0.25, 0.3) is 0 Å². The van der Waals surface area contributed by atoms with E-state index in [1.165, 1.54) is 31.2 Å². The van der Waals surface area contributed by atoms with E-state index >= 15 is 0 Å². The average Bonchev–Trinajstić information content (AvgIpc) is 3.31. The van der Waals surface area contributed by atoms with E-state index in [2.05, 4.69) is 39.8 Å². The fourth-order valence-electron chi connectivity index (χ4n) is 3.95. The third-order valence-electron chi connectivity index (χ3n) is 5.22. The number of hydrogen-bond acceptors (Lipinski definition) is 4. The normalized spacial score (nSPS) is 22.7. The number of nitrogens with zero attached hydrogens (tertiary/aromatic N) is 3. The van der Waals surface area contributed by atoms with Gasteiger partial charge in [0, 0.05) is 37.8 Å². The van der Waals surface area contributed by atoms with Gasteiger partial charge in [-0.05, 0) is 43.4 Å². The summed E-state index contributed by atoms with van der Waals surface area (Å²) in [5, 5.41) is 8.30. The molecule has 2 aromatic rings. The van der Waals surface area contributed by atoms with E-state index in [9.17, 15) is 0 Å². The molecule has 1 unspecified atom stereocenters. The molecule has 122 valence electrons. The highest BCUT2D eigenvalue weighted by atomic mass is 16.5. The van der Waals surface area contributed by atoms with Gasteiger partial charge >= 0.3 is 0 Å². The molecule has 3 heterocycles. The maximum absolute atomic E-state index is 6.10. The molecule has 23 heavy (non-hydrogen) atoms. The summed E-state index contributed by atoms with van der Waals surface area (Å²) in [6.45, 7) is 1.76. The van der Waals surface area contributed by atoms with Crippen LogP contribution in [0.15, 0.2) is 36.8 Å². The Morgan fingerprint density at radius 1 is 1.22 bits per heavy atom. The van der Waals surface area contributed by atoms with Crippen LogP contribution >= 0.6 is 0 Å². The van der Waals surface area contributed by atoms with Crippen LogP contribution in [0.5, 0.6) is 0 Å². The first-order valence-electron chi connectivity index (χ1n) is 8.67. The van der Waals surface area contributed by atoms with E-state index < -0.39 is 0 Å². The van der Waals surface area contributed by atoms with Crippen molar-refractivity contribution < 1.29 is 4.74 Å². The first-order chi connectivity index (χ1) is 11.3. The lowest BCUT2D eigenvalue weighted by Gasteiger charge is -2.30. The molecule has 0 radical (unpaired) electrons. The molecule has 1 atom stereocenters. The van der Waals surface area contributed by atoms with Crippen molar-refractivity contribution >= 4 is 5.82 Å². The van der Waals surface area contributed by atoms with Crippen LogP contribution in [-0.4, -0.2) is 33.0 Å². The van der Waals surface area contributed by atoms with Crippen LogP contribution in [0.1, 0.15) is 37.7 Å². The van der Waals surface area contributed by atoms with Gasteiger partial charge in [0.1, 0.15) is 5.82 Å². The maximum Gasteiger partial charge on any atom is 0.148 e. The van der Waals surface area contributed by atoms with Crippen molar-refractivity contribution in [2.24, 2.45) is 0 Å². The van der Waals surface area contributed by atoms with Crippen molar-refractivity contribution in [2.75, 3.05) is 11.9 Å². The lowest BCUT2D eigenvalue weighted by molar-refractivity contribution is 0.00516. The number of anilines is 1. The largest absolute Gasteiger partial charge is 0.373 e. The molecule has 5 heteroatoms. The number of ether oxygens (including phenoxy) is 1. The van der Waals surface area contributed by atoms with E-state index in [0.717, 1.165) is 31.8 Å². The molecule has 2 aromatic heterocycles. The quantitative estimate of drug-likeness (QED) is 0.922. The van der Waals surface area contributed by atoms with Crippen LogP contribution in [-0.2, 0) is 17.7 Å². The fourth-order valence-corrected chi connectivity index (χ4v) is 3.95. The molecule has 0 aromatic carbocycles. The van der Waals surface area contributed by atoms with Gasteiger partial charge in [0.15, 0.2) is 0 Å². The molecule has 1 N–H and O–H groups in total. The van der Waals surface area contributed by atoms with Crippen molar-refractivity contribution in [3.63, 3.8) is 0 Å².